The summed E-state index contributed by atoms with van der Waals surface area (Å²) in [7, 11) is 0. The standard InChI is InChI=1S/C11H13ClN2O/c12-11(15)10-3-1-2-8-14(10)9-4-6-13-7-5-9/h4-7,10H,1-3,8H2. The molecule has 1 aliphatic heterocycles. The fraction of sp³-hybridized carbons (Fsp3) is 0.455. The van der Waals surface area contributed by atoms with Crippen LogP contribution in [0.4, 0.5) is 5.69 Å². The molecule has 0 bridgehead atoms. The molecule has 0 N–H and O–H groups in total. The number of anilines is 1. The van der Waals surface area contributed by atoms with E-state index in [1.165, 1.54) is 0 Å². The van der Waals surface area contributed by atoms with E-state index in [0.717, 1.165) is 31.5 Å². The Morgan fingerprint density at radius 1 is 1.40 bits per heavy atom. The molecule has 0 aromatic carbocycles. The van der Waals surface area contributed by atoms with Crippen LogP contribution in [0.25, 0.3) is 0 Å². The van der Waals surface area contributed by atoms with Crippen LogP contribution < -0.4 is 4.90 Å². The van der Waals surface area contributed by atoms with Gasteiger partial charge in [-0.2, -0.15) is 0 Å². The van der Waals surface area contributed by atoms with E-state index in [-0.39, 0.29) is 11.3 Å². The van der Waals surface area contributed by atoms with E-state index in [0.29, 0.717) is 0 Å². The first-order valence-electron chi connectivity index (χ1n) is 5.15. The molecule has 0 radical (unpaired) electrons. The van der Waals surface area contributed by atoms with Gasteiger partial charge in [0.1, 0.15) is 6.04 Å². The lowest BCUT2D eigenvalue weighted by Gasteiger charge is -2.35. The van der Waals surface area contributed by atoms with Gasteiger partial charge in [0, 0.05) is 24.6 Å². The highest BCUT2D eigenvalue weighted by Crippen LogP contribution is 2.25. The molecule has 80 valence electrons. The van der Waals surface area contributed by atoms with Gasteiger partial charge in [-0.3, -0.25) is 9.78 Å². The van der Waals surface area contributed by atoms with Crippen LogP contribution in [0.2, 0.25) is 0 Å². The topological polar surface area (TPSA) is 33.2 Å². The van der Waals surface area contributed by atoms with Crippen molar-refractivity contribution >= 4 is 22.5 Å². The first-order valence-corrected chi connectivity index (χ1v) is 5.53. The molecular weight excluding hydrogens is 212 g/mol. The van der Waals surface area contributed by atoms with E-state index >= 15 is 0 Å². The van der Waals surface area contributed by atoms with Crippen molar-refractivity contribution in [3.63, 3.8) is 0 Å². The van der Waals surface area contributed by atoms with Crippen molar-refractivity contribution in [3.8, 4) is 0 Å². The first kappa shape index (κ1) is 10.4. The molecule has 1 saturated heterocycles. The van der Waals surface area contributed by atoms with Crippen molar-refractivity contribution in [1.29, 1.82) is 0 Å². The maximum atomic E-state index is 11.3. The van der Waals surface area contributed by atoms with Gasteiger partial charge in [-0.1, -0.05) is 0 Å². The van der Waals surface area contributed by atoms with Gasteiger partial charge in [-0.15, -0.1) is 0 Å². The van der Waals surface area contributed by atoms with Gasteiger partial charge in [0.25, 0.3) is 0 Å². The Morgan fingerprint density at radius 3 is 2.80 bits per heavy atom. The SMILES string of the molecule is O=C(Cl)C1CCCCN1c1ccncc1. The highest BCUT2D eigenvalue weighted by atomic mass is 35.5. The maximum absolute atomic E-state index is 11.3. The molecule has 4 heteroatoms. The molecule has 0 saturated carbocycles. The Kier molecular flexibility index (Phi) is 3.21. The number of piperidine rings is 1. The predicted octanol–water partition coefficient (Wildman–Crippen LogP) is 2.21. The molecule has 1 fully saturated rings. The summed E-state index contributed by atoms with van der Waals surface area (Å²) in [6.45, 7) is 0.896. The van der Waals surface area contributed by atoms with Crippen LogP contribution in [0.1, 0.15) is 19.3 Å². The number of pyridine rings is 1. The van der Waals surface area contributed by atoms with Crippen molar-refractivity contribution in [2.75, 3.05) is 11.4 Å². The number of rotatable bonds is 2. The molecule has 3 nitrogen and oxygen atoms in total. The smallest absolute Gasteiger partial charge is 0.244 e. The number of carbonyl (C=O) groups is 1. The Morgan fingerprint density at radius 2 is 2.13 bits per heavy atom. The van der Waals surface area contributed by atoms with Gasteiger partial charge >= 0.3 is 0 Å². The second-order valence-electron chi connectivity index (χ2n) is 3.71. The number of carbonyl (C=O) groups excluding carboxylic acids is 1. The maximum Gasteiger partial charge on any atom is 0.244 e. The van der Waals surface area contributed by atoms with E-state index in [4.69, 9.17) is 11.6 Å². The molecule has 1 aliphatic rings. The van der Waals surface area contributed by atoms with Crippen LogP contribution in [0.3, 0.4) is 0 Å². The average molecular weight is 225 g/mol. The molecule has 0 aliphatic carbocycles. The molecule has 1 unspecified atom stereocenters. The summed E-state index contributed by atoms with van der Waals surface area (Å²) in [5.41, 5.74) is 1.03. The molecule has 15 heavy (non-hydrogen) atoms. The summed E-state index contributed by atoms with van der Waals surface area (Å²) in [6.07, 6.45) is 6.51. The zero-order valence-corrected chi connectivity index (χ0v) is 9.15. The van der Waals surface area contributed by atoms with Gasteiger partial charge in [-0.05, 0) is 43.0 Å². The lowest BCUT2D eigenvalue weighted by molar-refractivity contribution is -0.113. The summed E-state index contributed by atoms with van der Waals surface area (Å²) in [4.78, 5) is 17.3. The molecule has 2 rings (SSSR count). The van der Waals surface area contributed by atoms with Crippen LogP contribution in [-0.4, -0.2) is 22.8 Å². The highest BCUT2D eigenvalue weighted by Gasteiger charge is 2.27. The Balaban J connectivity index is 2.22. The van der Waals surface area contributed by atoms with Crippen LogP contribution in [0.15, 0.2) is 24.5 Å². The average Bonchev–Trinajstić information content (AvgIpc) is 2.30. The van der Waals surface area contributed by atoms with E-state index < -0.39 is 0 Å². The lowest BCUT2D eigenvalue weighted by atomic mass is 10.0. The Bertz CT molecular complexity index is 342. The summed E-state index contributed by atoms with van der Waals surface area (Å²) in [5.74, 6) is 0. The van der Waals surface area contributed by atoms with Crippen molar-refractivity contribution in [2.24, 2.45) is 0 Å². The number of aromatic nitrogens is 1. The minimum absolute atomic E-state index is 0.164. The molecule has 1 aromatic rings. The zero-order chi connectivity index (χ0) is 10.7. The normalized spacial score (nSPS) is 21.4. The van der Waals surface area contributed by atoms with Gasteiger partial charge in [0.2, 0.25) is 5.24 Å². The quantitative estimate of drug-likeness (QED) is 0.723. The molecule has 1 aromatic heterocycles. The third-order valence-electron chi connectivity index (χ3n) is 2.76. The van der Waals surface area contributed by atoms with Gasteiger partial charge in [-0.25, -0.2) is 0 Å². The second-order valence-corrected chi connectivity index (χ2v) is 4.09. The summed E-state index contributed by atoms with van der Waals surface area (Å²) in [5, 5.41) is -0.258. The van der Waals surface area contributed by atoms with Crippen molar-refractivity contribution in [3.05, 3.63) is 24.5 Å². The van der Waals surface area contributed by atoms with Crippen LogP contribution >= 0.6 is 11.6 Å². The van der Waals surface area contributed by atoms with Crippen molar-refractivity contribution in [2.45, 2.75) is 25.3 Å². The fourth-order valence-electron chi connectivity index (χ4n) is 2.01. The number of hydrogen-bond acceptors (Lipinski definition) is 3. The largest absolute Gasteiger partial charge is 0.360 e. The third-order valence-corrected chi connectivity index (χ3v) is 3.01. The molecule has 1 atom stereocenters. The van der Waals surface area contributed by atoms with E-state index in [1.807, 2.05) is 12.1 Å². The van der Waals surface area contributed by atoms with Crippen LogP contribution in [0, 0.1) is 0 Å². The Hall–Kier alpha value is -1.09. The molecular formula is C11H13ClN2O. The number of halogens is 1. The van der Waals surface area contributed by atoms with Gasteiger partial charge in [0.15, 0.2) is 0 Å². The molecule has 0 spiro atoms. The first-order chi connectivity index (χ1) is 7.29. The minimum Gasteiger partial charge on any atom is -0.360 e. The van der Waals surface area contributed by atoms with Gasteiger partial charge in [0.05, 0.1) is 0 Å². The number of nitrogens with zero attached hydrogens (tertiary/aromatic N) is 2. The summed E-state index contributed by atoms with van der Waals surface area (Å²) in [6, 6.07) is 3.67. The minimum atomic E-state index is -0.258. The van der Waals surface area contributed by atoms with Crippen molar-refractivity contribution in [1.82, 2.24) is 4.98 Å². The second kappa shape index (κ2) is 4.62. The fourth-order valence-corrected chi connectivity index (χ4v) is 2.24. The van der Waals surface area contributed by atoms with E-state index in [2.05, 4.69) is 9.88 Å². The molecule has 2 heterocycles. The zero-order valence-electron chi connectivity index (χ0n) is 8.40. The van der Waals surface area contributed by atoms with E-state index in [1.54, 1.807) is 12.4 Å². The summed E-state index contributed by atoms with van der Waals surface area (Å²) < 4.78 is 0. The lowest BCUT2D eigenvalue weighted by Crippen LogP contribution is -2.43. The van der Waals surface area contributed by atoms with E-state index in [9.17, 15) is 4.79 Å². The number of hydrogen-bond donors (Lipinski definition) is 0. The highest BCUT2D eigenvalue weighted by molar-refractivity contribution is 6.65. The van der Waals surface area contributed by atoms with Crippen molar-refractivity contribution < 1.29 is 4.79 Å². The molecule has 0 amide bonds. The van der Waals surface area contributed by atoms with Crippen LogP contribution in [0.5, 0.6) is 0 Å². The Labute approximate surface area is 94.1 Å². The van der Waals surface area contributed by atoms with Crippen LogP contribution in [-0.2, 0) is 4.79 Å². The summed E-state index contributed by atoms with van der Waals surface area (Å²) >= 11 is 5.61. The third kappa shape index (κ3) is 2.29. The predicted molar refractivity (Wildman–Crippen MR) is 60.1 cm³/mol. The monoisotopic (exact) mass is 224 g/mol. The van der Waals surface area contributed by atoms with Gasteiger partial charge < -0.3 is 4.90 Å².